The van der Waals surface area contributed by atoms with Gasteiger partial charge in [-0.05, 0) is 18.1 Å². The van der Waals surface area contributed by atoms with Gasteiger partial charge in [-0.1, -0.05) is 30.2 Å². The number of nitro groups is 1. The third-order valence-corrected chi connectivity index (χ3v) is 2.61. The summed E-state index contributed by atoms with van der Waals surface area (Å²) in [5, 5.41) is 11.1. The van der Waals surface area contributed by atoms with Crippen LogP contribution in [0.5, 0.6) is 0 Å². The molecule has 0 aliphatic carbocycles. The number of hydrogen-bond acceptors (Lipinski definition) is 3. The summed E-state index contributed by atoms with van der Waals surface area (Å²) in [5.74, 6) is 0. The molecule has 0 fully saturated rings. The predicted molar refractivity (Wildman–Crippen MR) is 65.4 cm³/mol. The molecule has 0 unspecified atom stereocenters. The van der Waals surface area contributed by atoms with Crippen molar-refractivity contribution >= 4 is 23.4 Å². The van der Waals surface area contributed by atoms with Gasteiger partial charge >= 0.3 is 0 Å². The Morgan fingerprint density at radius 3 is 2.81 bits per heavy atom. The number of hydrogen-bond donors (Lipinski definition) is 1. The minimum atomic E-state index is -0.443. The molecule has 0 heterocycles. The molecule has 0 atom stereocenters. The minimum absolute atomic E-state index is 0.0307. The zero-order valence-electron chi connectivity index (χ0n) is 8.94. The molecule has 0 saturated heterocycles. The number of nitro benzene ring substituents is 1. The Morgan fingerprint density at radius 2 is 2.31 bits per heavy atom. The third-order valence-electron chi connectivity index (χ3n) is 2.27. The highest BCUT2D eigenvalue weighted by atomic mass is 35.5. The van der Waals surface area contributed by atoms with Crippen molar-refractivity contribution in [2.75, 3.05) is 6.54 Å². The van der Waals surface area contributed by atoms with Crippen LogP contribution in [0.15, 0.2) is 23.8 Å². The first-order chi connectivity index (χ1) is 7.58. The first-order valence-corrected chi connectivity index (χ1v) is 5.29. The Morgan fingerprint density at radius 1 is 1.62 bits per heavy atom. The Labute approximate surface area is 98.9 Å². The van der Waals surface area contributed by atoms with E-state index >= 15 is 0 Å². The molecule has 1 aromatic rings. The lowest BCUT2D eigenvalue weighted by Gasteiger charge is -2.02. The molecule has 0 amide bonds. The van der Waals surface area contributed by atoms with Gasteiger partial charge in [0.05, 0.1) is 4.92 Å². The number of nitrogens with two attached hydrogens (primary N) is 1. The number of nitrogens with zero attached hydrogens (tertiary/aromatic N) is 1. The van der Waals surface area contributed by atoms with Crippen molar-refractivity contribution in [3.8, 4) is 0 Å². The Bertz CT molecular complexity index is 424. The maximum Gasteiger partial charge on any atom is 0.270 e. The summed E-state index contributed by atoms with van der Waals surface area (Å²) in [4.78, 5) is 10.2. The normalized spacial score (nSPS) is 11.6. The van der Waals surface area contributed by atoms with E-state index in [0.717, 1.165) is 12.0 Å². The largest absolute Gasteiger partial charge is 0.327 e. The topological polar surface area (TPSA) is 69.2 Å². The van der Waals surface area contributed by atoms with Crippen molar-refractivity contribution in [3.63, 3.8) is 0 Å². The molecule has 5 heteroatoms. The van der Waals surface area contributed by atoms with Crippen molar-refractivity contribution in [1.29, 1.82) is 0 Å². The van der Waals surface area contributed by atoms with E-state index in [1.807, 2.05) is 6.92 Å². The first kappa shape index (κ1) is 12.7. The Hall–Kier alpha value is -1.39. The maximum absolute atomic E-state index is 10.6. The molecular formula is C11H13ClN2O2. The standard InChI is InChI=1S/C11H13ClN2O2/c1-2-8(7-13)5-9-6-10(14(15)16)3-4-11(9)12/h3-6H,2,7,13H2,1H3. The second kappa shape index (κ2) is 5.63. The highest BCUT2D eigenvalue weighted by Crippen LogP contribution is 2.24. The van der Waals surface area contributed by atoms with Crippen molar-refractivity contribution in [1.82, 2.24) is 0 Å². The molecule has 0 saturated carbocycles. The van der Waals surface area contributed by atoms with Gasteiger partial charge in [0.25, 0.3) is 5.69 Å². The van der Waals surface area contributed by atoms with E-state index in [1.165, 1.54) is 18.2 Å². The molecule has 1 aromatic carbocycles. The zero-order chi connectivity index (χ0) is 12.1. The van der Waals surface area contributed by atoms with E-state index in [-0.39, 0.29) is 5.69 Å². The monoisotopic (exact) mass is 240 g/mol. The summed E-state index contributed by atoms with van der Waals surface area (Å²) < 4.78 is 0. The summed E-state index contributed by atoms with van der Waals surface area (Å²) >= 11 is 5.95. The van der Waals surface area contributed by atoms with Crippen LogP contribution < -0.4 is 5.73 Å². The molecule has 0 aliphatic rings. The number of benzene rings is 1. The average Bonchev–Trinajstić information content (AvgIpc) is 2.27. The van der Waals surface area contributed by atoms with E-state index in [4.69, 9.17) is 17.3 Å². The Kier molecular flexibility index (Phi) is 4.46. The number of halogens is 1. The highest BCUT2D eigenvalue weighted by Gasteiger charge is 2.08. The quantitative estimate of drug-likeness (QED) is 0.650. The lowest BCUT2D eigenvalue weighted by Crippen LogP contribution is -2.01. The van der Waals surface area contributed by atoms with Crippen molar-refractivity contribution in [3.05, 3.63) is 44.5 Å². The SMILES string of the molecule is CCC(=Cc1cc([N+](=O)[O-])ccc1Cl)CN. The lowest BCUT2D eigenvalue weighted by molar-refractivity contribution is -0.384. The van der Waals surface area contributed by atoms with Gasteiger partial charge in [-0.15, -0.1) is 0 Å². The van der Waals surface area contributed by atoms with Crippen LogP contribution in [0.4, 0.5) is 5.69 Å². The molecule has 0 bridgehead atoms. The van der Waals surface area contributed by atoms with E-state index in [0.29, 0.717) is 17.1 Å². The Balaban J connectivity index is 3.16. The van der Waals surface area contributed by atoms with Gasteiger partial charge in [0.1, 0.15) is 0 Å². The smallest absolute Gasteiger partial charge is 0.270 e. The molecule has 2 N–H and O–H groups in total. The van der Waals surface area contributed by atoms with Crippen LogP contribution in [-0.2, 0) is 0 Å². The second-order valence-corrected chi connectivity index (χ2v) is 3.73. The zero-order valence-corrected chi connectivity index (χ0v) is 9.70. The van der Waals surface area contributed by atoms with Crippen LogP contribution >= 0.6 is 11.6 Å². The molecule has 16 heavy (non-hydrogen) atoms. The summed E-state index contributed by atoms with van der Waals surface area (Å²) in [5.41, 5.74) is 7.20. The average molecular weight is 241 g/mol. The van der Waals surface area contributed by atoms with Gasteiger partial charge < -0.3 is 5.73 Å². The van der Waals surface area contributed by atoms with Gasteiger partial charge in [-0.3, -0.25) is 10.1 Å². The molecule has 0 aromatic heterocycles. The molecule has 0 radical (unpaired) electrons. The van der Waals surface area contributed by atoms with E-state index in [1.54, 1.807) is 6.08 Å². The van der Waals surface area contributed by atoms with Crippen molar-refractivity contribution in [2.24, 2.45) is 5.73 Å². The van der Waals surface area contributed by atoms with Crippen molar-refractivity contribution < 1.29 is 4.92 Å². The number of rotatable bonds is 4. The predicted octanol–water partition coefficient (Wildman–Crippen LogP) is 3.00. The molecule has 1 rings (SSSR count). The van der Waals surface area contributed by atoms with E-state index in [9.17, 15) is 10.1 Å². The van der Waals surface area contributed by atoms with Crippen LogP contribution in [0.3, 0.4) is 0 Å². The van der Waals surface area contributed by atoms with E-state index in [2.05, 4.69) is 0 Å². The van der Waals surface area contributed by atoms with Crippen LogP contribution in [0, 0.1) is 10.1 Å². The first-order valence-electron chi connectivity index (χ1n) is 4.92. The molecule has 0 spiro atoms. The summed E-state index contributed by atoms with van der Waals surface area (Å²) in [6, 6.07) is 4.36. The summed E-state index contributed by atoms with van der Waals surface area (Å²) in [6.07, 6.45) is 2.60. The maximum atomic E-state index is 10.6. The van der Waals surface area contributed by atoms with E-state index < -0.39 is 4.92 Å². The number of non-ortho nitro benzene ring substituents is 1. The fourth-order valence-corrected chi connectivity index (χ4v) is 1.45. The van der Waals surface area contributed by atoms with Gasteiger partial charge in [0.15, 0.2) is 0 Å². The third kappa shape index (κ3) is 3.05. The van der Waals surface area contributed by atoms with Crippen LogP contribution in [0.2, 0.25) is 5.02 Å². The van der Waals surface area contributed by atoms with Gasteiger partial charge in [0, 0.05) is 23.7 Å². The van der Waals surface area contributed by atoms with Gasteiger partial charge in [-0.25, -0.2) is 0 Å². The van der Waals surface area contributed by atoms with Gasteiger partial charge in [-0.2, -0.15) is 0 Å². The fraction of sp³-hybridized carbons (Fsp3) is 0.273. The molecule has 86 valence electrons. The summed E-state index contributed by atoms with van der Waals surface area (Å²) in [6.45, 7) is 2.40. The minimum Gasteiger partial charge on any atom is -0.327 e. The molecule has 0 aliphatic heterocycles. The lowest BCUT2D eigenvalue weighted by atomic mass is 10.1. The summed E-state index contributed by atoms with van der Waals surface area (Å²) in [7, 11) is 0. The van der Waals surface area contributed by atoms with Crippen molar-refractivity contribution in [2.45, 2.75) is 13.3 Å². The van der Waals surface area contributed by atoms with Crippen LogP contribution in [0.25, 0.3) is 6.08 Å². The fourth-order valence-electron chi connectivity index (χ4n) is 1.28. The van der Waals surface area contributed by atoms with Gasteiger partial charge in [0.2, 0.25) is 0 Å². The highest BCUT2D eigenvalue weighted by molar-refractivity contribution is 6.32. The van der Waals surface area contributed by atoms with Crippen LogP contribution in [-0.4, -0.2) is 11.5 Å². The van der Waals surface area contributed by atoms with Crippen LogP contribution in [0.1, 0.15) is 18.9 Å². The molecular weight excluding hydrogens is 228 g/mol. The molecule has 4 nitrogen and oxygen atoms in total. The second-order valence-electron chi connectivity index (χ2n) is 3.32.